The molecule has 0 spiro atoms. The van der Waals surface area contributed by atoms with Gasteiger partial charge < -0.3 is 80.8 Å². The molecule has 0 aromatic rings. The molecule has 48 heavy (non-hydrogen) atoms. The Morgan fingerprint density at radius 2 is 1.62 bits per heavy atom. The molecule has 7 atom stereocenters. The fourth-order valence-corrected chi connectivity index (χ4v) is 4.44. The minimum atomic E-state index is -1.78. The summed E-state index contributed by atoms with van der Waals surface area (Å²) in [6.45, 7) is -2.37. The van der Waals surface area contributed by atoms with Crippen LogP contribution in [0.1, 0.15) is 25.7 Å². The average molecular weight is 686 g/mol. The van der Waals surface area contributed by atoms with Crippen molar-refractivity contribution in [3.8, 4) is 0 Å². The second-order valence-corrected chi connectivity index (χ2v) is 10.7. The number of carbonyl (C=O) groups is 7. The lowest BCUT2D eigenvalue weighted by atomic mass is 10.0. The Hall–Kier alpha value is -5.10. The molecule has 0 saturated carbocycles. The maximum Gasteiger partial charge on any atom is 0.316 e. The molecule has 0 aromatic carbocycles. The first-order chi connectivity index (χ1) is 22.7. The molecule has 23 nitrogen and oxygen atoms in total. The smallest absolute Gasteiger partial charge is 0.316 e. The van der Waals surface area contributed by atoms with Gasteiger partial charge in [-0.05, 0) is 19.4 Å². The van der Waals surface area contributed by atoms with Crippen LogP contribution < -0.4 is 65.5 Å². The summed E-state index contributed by atoms with van der Waals surface area (Å²) in [4.78, 5) is 94.3. The molecule has 0 bridgehead atoms. The molecule has 1 fully saturated rings. The number of hydrogen-bond acceptors (Lipinski definition) is 15. The second kappa shape index (κ2) is 18.9. The molecule has 2 aliphatic heterocycles. The fraction of sp³-hybridized carbons (Fsp3) is 0.600. The number of amides is 8. The number of hydrogen-bond donors (Lipinski definition) is 15. The number of nitrogens with two attached hydrogens (primary N) is 4. The lowest BCUT2D eigenvalue weighted by Gasteiger charge is -2.31. The molecule has 2 aliphatic rings. The molecule has 1 saturated heterocycles. The first-order valence-electron chi connectivity index (χ1n) is 14.7. The molecule has 19 N–H and O–H groups in total. The molecule has 2 heterocycles. The van der Waals surface area contributed by atoms with Crippen molar-refractivity contribution >= 4 is 47.4 Å². The van der Waals surface area contributed by atoms with E-state index in [0.29, 0.717) is 25.6 Å². The summed E-state index contributed by atoms with van der Waals surface area (Å²) in [6, 6.07) is -9.80. The van der Waals surface area contributed by atoms with Crippen LogP contribution >= 0.6 is 0 Å². The van der Waals surface area contributed by atoms with Gasteiger partial charge in [0.2, 0.25) is 29.5 Å². The largest absolute Gasteiger partial charge is 0.394 e. The summed E-state index contributed by atoms with van der Waals surface area (Å²) in [5.74, 6) is -6.69. The lowest BCUT2D eigenvalue weighted by Crippen LogP contribution is -2.63. The topological polar surface area (TPSA) is 393 Å². The highest BCUT2D eigenvalue weighted by atomic mass is 16.3. The third kappa shape index (κ3) is 12.3. The van der Waals surface area contributed by atoms with Gasteiger partial charge in [0.05, 0.1) is 19.3 Å². The van der Waals surface area contributed by atoms with Crippen LogP contribution in [-0.2, 0) is 28.8 Å². The normalized spacial score (nSPS) is 27.6. The predicted octanol–water partition coefficient (Wildman–Crippen LogP) is -8.88. The van der Waals surface area contributed by atoms with Gasteiger partial charge in [0.1, 0.15) is 36.1 Å². The highest BCUT2D eigenvalue weighted by Gasteiger charge is 2.37. The highest BCUT2D eigenvalue weighted by molar-refractivity contribution is 6.02. The number of urea groups is 1. The molecule has 0 aromatic heterocycles. The summed E-state index contributed by atoms with van der Waals surface area (Å²) in [7, 11) is 0. The molecule has 0 aliphatic carbocycles. The number of aliphatic hydroxyl groups is 3. The molecular weight excluding hydrogens is 642 g/mol. The number of aliphatic hydroxyl groups excluding tert-OH is 3. The van der Waals surface area contributed by atoms with Gasteiger partial charge in [0, 0.05) is 31.6 Å². The molecule has 2 rings (SSSR count). The van der Waals surface area contributed by atoms with E-state index >= 15 is 0 Å². The Kier molecular flexibility index (Phi) is 15.4. The van der Waals surface area contributed by atoms with Crippen molar-refractivity contribution in [2.45, 2.75) is 68.2 Å². The number of guanidine groups is 1. The maximum absolute atomic E-state index is 13.6. The van der Waals surface area contributed by atoms with E-state index in [2.05, 4.69) is 42.2 Å². The van der Waals surface area contributed by atoms with Crippen molar-refractivity contribution in [1.82, 2.24) is 42.5 Å². The van der Waals surface area contributed by atoms with Crippen molar-refractivity contribution in [2.24, 2.45) is 27.9 Å². The fourth-order valence-electron chi connectivity index (χ4n) is 4.44. The third-order valence-corrected chi connectivity index (χ3v) is 6.89. The lowest BCUT2D eigenvalue weighted by molar-refractivity contribution is -0.135. The van der Waals surface area contributed by atoms with Gasteiger partial charge in [-0.25, -0.2) is 9.79 Å². The minimum absolute atomic E-state index is 0.247. The van der Waals surface area contributed by atoms with E-state index in [1.807, 2.05) is 5.32 Å². The summed E-state index contributed by atoms with van der Waals surface area (Å²) >= 11 is 0. The molecule has 23 heteroatoms. The monoisotopic (exact) mass is 685 g/mol. The standard InChI is InChI=1S/C25H43N13O10/c26-3-1-2-10(27)4-16(41)32-12-6-30-23(47)18(11-5-17(42)37-24(28)36-11)38-20(44)13(7-31-25(29)48)33-21(45)14(8-39)35-22(46)15(9-40)34-19(12)43/h7,10-12,14-15,17-18,39-40,42H,1-6,8-9,26-27H2,(H,30,47)(H,32,41)(H,33,45)(H,34,43)(H,35,46)(H,38,44)(H3,28,36,37)(H3,29,31,48)/b13-7-/t10?,11-,12?,14?,15?,17+,18-/m1/s1. The van der Waals surface area contributed by atoms with E-state index < -0.39 is 109 Å². The first kappa shape index (κ1) is 39.1. The van der Waals surface area contributed by atoms with Crippen LogP contribution in [0.2, 0.25) is 0 Å². The summed E-state index contributed by atoms with van der Waals surface area (Å²) in [5.41, 5.74) is 21.5. The van der Waals surface area contributed by atoms with Crippen molar-refractivity contribution in [2.75, 3.05) is 26.3 Å². The van der Waals surface area contributed by atoms with Gasteiger partial charge in [-0.15, -0.1) is 0 Å². The van der Waals surface area contributed by atoms with Gasteiger partial charge in [-0.1, -0.05) is 0 Å². The summed E-state index contributed by atoms with van der Waals surface area (Å²) in [6.07, 6.45) is -0.253. The van der Waals surface area contributed by atoms with Crippen molar-refractivity contribution < 1.29 is 48.9 Å². The van der Waals surface area contributed by atoms with E-state index in [4.69, 9.17) is 22.9 Å². The van der Waals surface area contributed by atoms with Crippen molar-refractivity contribution in [1.29, 1.82) is 0 Å². The van der Waals surface area contributed by atoms with E-state index in [9.17, 15) is 48.9 Å². The zero-order valence-corrected chi connectivity index (χ0v) is 25.7. The Labute approximate surface area is 273 Å². The summed E-state index contributed by atoms with van der Waals surface area (Å²) in [5, 5.41) is 47.7. The van der Waals surface area contributed by atoms with Gasteiger partial charge in [-0.3, -0.25) is 28.8 Å². The number of nitrogens with one attached hydrogen (secondary N) is 8. The van der Waals surface area contributed by atoms with Gasteiger partial charge in [-0.2, -0.15) is 0 Å². The number of carbonyl (C=O) groups excluding carboxylic acids is 7. The van der Waals surface area contributed by atoms with Crippen LogP contribution in [0.25, 0.3) is 0 Å². The summed E-state index contributed by atoms with van der Waals surface area (Å²) < 4.78 is 0. The molecule has 8 amide bonds. The maximum atomic E-state index is 13.6. The van der Waals surface area contributed by atoms with E-state index in [1.54, 1.807) is 0 Å². The number of aliphatic imine (C=N–C) groups is 1. The van der Waals surface area contributed by atoms with E-state index in [-0.39, 0.29) is 18.8 Å². The van der Waals surface area contributed by atoms with Crippen LogP contribution in [0.5, 0.6) is 0 Å². The average Bonchev–Trinajstić information content (AvgIpc) is 3.02. The highest BCUT2D eigenvalue weighted by Crippen LogP contribution is 2.12. The van der Waals surface area contributed by atoms with Gasteiger partial charge in [0.25, 0.3) is 5.91 Å². The molecular formula is C25H43N13O10. The van der Waals surface area contributed by atoms with Crippen molar-refractivity contribution in [3.63, 3.8) is 0 Å². The van der Waals surface area contributed by atoms with Crippen LogP contribution in [0, 0.1) is 0 Å². The number of primary amides is 1. The SMILES string of the molecule is NCCCC(N)CC(=O)NC1CNC(=O)[C@@H]([C@H]2C[C@H](O)NC(N)=N2)NC(=O)/C(=C/NC(N)=O)NC(=O)C(CO)NC(=O)C(CO)NC1=O. The Balaban J connectivity index is 2.55. The Bertz CT molecular complexity index is 1280. The van der Waals surface area contributed by atoms with E-state index in [0.717, 1.165) is 0 Å². The van der Waals surface area contributed by atoms with Crippen LogP contribution in [0.15, 0.2) is 16.9 Å². The van der Waals surface area contributed by atoms with Crippen LogP contribution in [-0.4, -0.2) is 132 Å². The quantitative estimate of drug-likeness (QED) is 0.0950. The van der Waals surface area contributed by atoms with Gasteiger partial charge >= 0.3 is 6.03 Å². The zero-order valence-electron chi connectivity index (χ0n) is 25.7. The minimum Gasteiger partial charge on any atom is -0.394 e. The van der Waals surface area contributed by atoms with Crippen LogP contribution in [0.4, 0.5) is 4.79 Å². The third-order valence-electron chi connectivity index (χ3n) is 6.89. The molecule has 268 valence electrons. The second-order valence-electron chi connectivity index (χ2n) is 10.7. The first-order valence-corrected chi connectivity index (χ1v) is 14.7. The van der Waals surface area contributed by atoms with Gasteiger partial charge in [0.15, 0.2) is 5.96 Å². The number of rotatable bonds is 10. The molecule has 4 unspecified atom stereocenters. The zero-order chi connectivity index (χ0) is 36.0. The van der Waals surface area contributed by atoms with E-state index in [1.165, 1.54) is 0 Å². The Morgan fingerprint density at radius 3 is 2.23 bits per heavy atom. The molecule has 0 radical (unpaired) electrons. The number of nitrogens with zero attached hydrogens (tertiary/aromatic N) is 1. The van der Waals surface area contributed by atoms with Crippen molar-refractivity contribution in [3.05, 3.63) is 11.9 Å². The predicted molar refractivity (Wildman–Crippen MR) is 164 cm³/mol. The van der Waals surface area contributed by atoms with Crippen LogP contribution in [0.3, 0.4) is 0 Å². The Morgan fingerprint density at radius 1 is 0.979 bits per heavy atom.